The molecule has 0 saturated heterocycles. The van der Waals surface area contributed by atoms with Gasteiger partial charge in [-0.15, -0.1) is 0 Å². The van der Waals surface area contributed by atoms with Gasteiger partial charge in [-0.3, -0.25) is 0 Å². The quantitative estimate of drug-likeness (QED) is 0.734. The van der Waals surface area contributed by atoms with Crippen molar-refractivity contribution in [1.82, 2.24) is 5.32 Å². The minimum atomic E-state index is 0.762. The third-order valence-electron chi connectivity index (χ3n) is 2.83. The molecular weight excluding hydrogens is 345 g/mol. The Kier molecular flexibility index (Phi) is 5.71. The van der Waals surface area contributed by atoms with Gasteiger partial charge >= 0.3 is 0 Å². The van der Waals surface area contributed by atoms with E-state index in [-0.39, 0.29) is 0 Å². The maximum absolute atomic E-state index is 5.98. The molecule has 19 heavy (non-hydrogen) atoms. The Balaban J connectivity index is 1.80. The Labute approximate surface area is 132 Å². The van der Waals surface area contributed by atoms with E-state index in [1.54, 1.807) is 0 Å². The monoisotopic (exact) mass is 357 g/mol. The zero-order valence-corrected chi connectivity index (χ0v) is 13.4. The van der Waals surface area contributed by atoms with Crippen LogP contribution in [0.1, 0.15) is 11.1 Å². The van der Waals surface area contributed by atoms with Gasteiger partial charge in [0, 0.05) is 21.1 Å². The first-order valence-electron chi connectivity index (χ1n) is 6.04. The molecule has 2 aromatic carbocycles. The molecular formula is C15H14BrCl2N. The summed E-state index contributed by atoms with van der Waals surface area (Å²) >= 11 is 15.4. The lowest BCUT2D eigenvalue weighted by Gasteiger charge is -2.07. The summed E-state index contributed by atoms with van der Waals surface area (Å²) in [5.74, 6) is 0. The molecule has 0 fully saturated rings. The molecule has 1 nitrogen and oxygen atoms in total. The third kappa shape index (κ3) is 4.81. The van der Waals surface area contributed by atoms with Gasteiger partial charge in [-0.2, -0.15) is 0 Å². The first-order chi connectivity index (χ1) is 9.15. The van der Waals surface area contributed by atoms with Crippen LogP contribution in [0, 0.1) is 0 Å². The summed E-state index contributed by atoms with van der Waals surface area (Å²) in [7, 11) is 0. The van der Waals surface area contributed by atoms with E-state index in [0.717, 1.165) is 34.0 Å². The van der Waals surface area contributed by atoms with Crippen LogP contribution in [0.25, 0.3) is 0 Å². The van der Waals surface area contributed by atoms with Gasteiger partial charge in [0.1, 0.15) is 0 Å². The molecule has 0 unspecified atom stereocenters. The summed E-state index contributed by atoms with van der Waals surface area (Å²) in [5, 5.41) is 4.95. The van der Waals surface area contributed by atoms with Crippen molar-refractivity contribution in [3.8, 4) is 0 Å². The molecule has 0 aliphatic rings. The predicted molar refractivity (Wildman–Crippen MR) is 86.0 cm³/mol. The van der Waals surface area contributed by atoms with Crippen LogP contribution in [0.4, 0.5) is 0 Å². The number of halogens is 3. The molecule has 2 aromatic rings. The molecule has 100 valence electrons. The highest BCUT2D eigenvalue weighted by Gasteiger charge is 2.00. The molecule has 0 amide bonds. The van der Waals surface area contributed by atoms with Gasteiger partial charge in [-0.1, -0.05) is 51.3 Å². The maximum Gasteiger partial charge on any atom is 0.0410 e. The smallest absolute Gasteiger partial charge is 0.0410 e. The number of hydrogen-bond donors (Lipinski definition) is 1. The van der Waals surface area contributed by atoms with Crippen LogP contribution >= 0.6 is 39.1 Å². The average molecular weight is 359 g/mol. The summed E-state index contributed by atoms with van der Waals surface area (Å²) in [4.78, 5) is 0. The molecule has 0 bridgehead atoms. The van der Waals surface area contributed by atoms with Crippen molar-refractivity contribution in [2.45, 2.75) is 13.0 Å². The van der Waals surface area contributed by atoms with E-state index >= 15 is 0 Å². The van der Waals surface area contributed by atoms with E-state index < -0.39 is 0 Å². The van der Waals surface area contributed by atoms with Crippen molar-refractivity contribution in [2.24, 2.45) is 0 Å². The second-order valence-electron chi connectivity index (χ2n) is 4.29. The number of benzene rings is 2. The van der Waals surface area contributed by atoms with Crippen molar-refractivity contribution in [2.75, 3.05) is 6.54 Å². The Morgan fingerprint density at radius 2 is 1.63 bits per heavy atom. The van der Waals surface area contributed by atoms with E-state index in [4.69, 9.17) is 23.2 Å². The van der Waals surface area contributed by atoms with Gasteiger partial charge in [0.15, 0.2) is 0 Å². The van der Waals surface area contributed by atoms with Crippen LogP contribution in [0.3, 0.4) is 0 Å². The third-order valence-corrected chi connectivity index (χ3v) is 4.09. The molecule has 0 atom stereocenters. The van der Waals surface area contributed by atoms with Crippen molar-refractivity contribution >= 4 is 39.1 Å². The maximum atomic E-state index is 5.98. The normalized spacial score (nSPS) is 10.7. The minimum absolute atomic E-state index is 0.762. The Bertz CT molecular complexity index is 540. The molecule has 0 aliphatic heterocycles. The molecule has 0 aliphatic carbocycles. The van der Waals surface area contributed by atoms with Crippen LogP contribution in [0.2, 0.25) is 10.0 Å². The van der Waals surface area contributed by atoms with Crippen LogP contribution in [0.5, 0.6) is 0 Å². The Hall–Kier alpha value is -0.540. The largest absolute Gasteiger partial charge is 0.312 e. The van der Waals surface area contributed by atoms with Gasteiger partial charge in [0.2, 0.25) is 0 Å². The van der Waals surface area contributed by atoms with Gasteiger partial charge in [-0.25, -0.2) is 0 Å². The van der Waals surface area contributed by atoms with E-state index in [2.05, 4.69) is 33.4 Å². The lowest BCUT2D eigenvalue weighted by Crippen LogP contribution is -2.16. The lowest BCUT2D eigenvalue weighted by atomic mass is 10.1. The highest BCUT2D eigenvalue weighted by Crippen LogP contribution is 2.20. The van der Waals surface area contributed by atoms with Crippen molar-refractivity contribution in [1.29, 1.82) is 0 Å². The number of rotatable bonds is 5. The summed E-state index contributed by atoms with van der Waals surface area (Å²) in [6, 6.07) is 13.8. The molecule has 0 spiro atoms. The number of nitrogens with one attached hydrogen (secondary N) is 1. The first kappa shape index (κ1) is 14.9. The van der Waals surface area contributed by atoms with E-state index in [1.807, 2.05) is 30.3 Å². The fourth-order valence-corrected chi connectivity index (χ4v) is 2.49. The minimum Gasteiger partial charge on any atom is -0.312 e. The summed E-state index contributed by atoms with van der Waals surface area (Å²) < 4.78 is 1.08. The Morgan fingerprint density at radius 1 is 0.947 bits per heavy atom. The van der Waals surface area contributed by atoms with Gasteiger partial charge < -0.3 is 5.32 Å². The fraction of sp³-hybridized carbons (Fsp3) is 0.200. The molecule has 0 aromatic heterocycles. The van der Waals surface area contributed by atoms with Crippen molar-refractivity contribution < 1.29 is 0 Å². The van der Waals surface area contributed by atoms with Gasteiger partial charge in [-0.05, 0) is 54.4 Å². The molecule has 1 N–H and O–H groups in total. The van der Waals surface area contributed by atoms with Crippen LogP contribution < -0.4 is 5.32 Å². The molecule has 4 heteroatoms. The van der Waals surface area contributed by atoms with Crippen LogP contribution in [0.15, 0.2) is 46.9 Å². The van der Waals surface area contributed by atoms with E-state index in [1.165, 1.54) is 11.1 Å². The molecule has 0 saturated carbocycles. The average Bonchev–Trinajstić information content (AvgIpc) is 2.40. The second-order valence-corrected chi connectivity index (χ2v) is 6.02. The highest BCUT2D eigenvalue weighted by molar-refractivity contribution is 9.10. The van der Waals surface area contributed by atoms with E-state index in [0.29, 0.717) is 0 Å². The zero-order chi connectivity index (χ0) is 13.7. The van der Waals surface area contributed by atoms with Crippen LogP contribution in [-0.4, -0.2) is 6.54 Å². The second kappa shape index (κ2) is 7.30. The zero-order valence-electron chi connectivity index (χ0n) is 10.3. The van der Waals surface area contributed by atoms with E-state index in [9.17, 15) is 0 Å². The van der Waals surface area contributed by atoms with Crippen LogP contribution in [-0.2, 0) is 13.0 Å². The lowest BCUT2D eigenvalue weighted by molar-refractivity contribution is 0.685. The van der Waals surface area contributed by atoms with Crippen molar-refractivity contribution in [3.05, 3.63) is 68.1 Å². The van der Waals surface area contributed by atoms with Crippen molar-refractivity contribution in [3.63, 3.8) is 0 Å². The number of hydrogen-bond acceptors (Lipinski definition) is 1. The van der Waals surface area contributed by atoms with Gasteiger partial charge in [0.05, 0.1) is 0 Å². The molecule has 0 heterocycles. The fourth-order valence-electron chi connectivity index (χ4n) is 1.79. The summed E-state index contributed by atoms with van der Waals surface area (Å²) in [6.07, 6.45) is 0.982. The molecule has 0 radical (unpaired) electrons. The molecule has 2 rings (SSSR count). The standard InChI is InChI=1S/C15H14BrCl2N/c16-15-6-5-14(18)9-12(15)10-19-8-7-11-1-3-13(17)4-2-11/h1-6,9,19H,7-8,10H2. The highest BCUT2D eigenvalue weighted by atomic mass is 79.9. The predicted octanol–water partition coefficient (Wildman–Crippen LogP) is 5.09. The summed E-state index contributed by atoms with van der Waals surface area (Å²) in [6.45, 7) is 1.72. The SMILES string of the molecule is Clc1ccc(CCNCc2cc(Cl)ccc2Br)cc1. The van der Waals surface area contributed by atoms with Gasteiger partial charge in [0.25, 0.3) is 0 Å². The summed E-state index contributed by atoms with van der Waals surface area (Å²) in [5.41, 5.74) is 2.45. The topological polar surface area (TPSA) is 12.0 Å². The first-order valence-corrected chi connectivity index (χ1v) is 7.59. The Morgan fingerprint density at radius 3 is 2.37 bits per heavy atom.